The molecule has 1 aliphatic heterocycles. The molecule has 1 N–H and O–H groups in total. The Morgan fingerprint density at radius 3 is 1.87 bits per heavy atom. The minimum Gasteiger partial charge on any atom is -0.454 e. The summed E-state index contributed by atoms with van der Waals surface area (Å²) in [5.41, 5.74) is 5.71. The zero-order valence-corrected chi connectivity index (χ0v) is 22.4. The topological polar surface area (TPSA) is 92.8 Å². The quantitative estimate of drug-likeness (QED) is 0.358. The van der Waals surface area contributed by atoms with Gasteiger partial charge in [0, 0.05) is 22.0 Å². The van der Waals surface area contributed by atoms with E-state index in [2.05, 4.69) is 21.2 Å². The van der Waals surface area contributed by atoms with E-state index in [1.54, 1.807) is 12.1 Å². The van der Waals surface area contributed by atoms with Gasteiger partial charge in [-0.15, -0.1) is 0 Å². The predicted octanol–water partition coefficient (Wildman–Crippen LogP) is 4.52. The first kappa shape index (κ1) is 24.6. The molecule has 0 spiro atoms. The number of anilines is 1. The SMILES string of the molecule is Cc1cc(Br)ccc1NC(=O)COC(=O)[C@H](C)N1C(=O)[C@H]2C3c4ccccc4C(c4ccccc43)[C@@H]2C1=O. The highest BCUT2D eigenvalue weighted by molar-refractivity contribution is 9.10. The van der Waals surface area contributed by atoms with E-state index in [4.69, 9.17) is 4.74 Å². The summed E-state index contributed by atoms with van der Waals surface area (Å²) in [7, 11) is 0. The molecule has 1 saturated heterocycles. The highest BCUT2D eigenvalue weighted by atomic mass is 79.9. The number of hydrogen-bond donors (Lipinski definition) is 1. The summed E-state index contributed by atoms with van der Waals surface area (Å²) in [6, 6.07) is 20.2. The van der Waals surface area contributed by atoms with Gasteiger partial charge in [-0.25, -0.2) is 4.79 Å². The van der Waals surface area contributed by atoms with Crippen LogP contribution >= 0.6 is 15.9 Å². The second kappa shape index (κ2) is 9.20. The highest BCUT2D eigenvalue weighted by Crippen LogP contribution is 2.61. The van der Waals surface area contributed by atoms with Crippen molar-refractivity contribution in [3.63, 3.8) is 0 Å². The van der Waals surface area contributed by atoms with E-state index in [0.29, 0.717) is 5.69 Å². The summed E-state index contributed by atoms with van der Waals surface area (Å²) in [6.45, 7) is 2.81. The van der Waals surface area contributed by atoms with E-state index in [-0.39, 0.29) is 23.7 Å². The first-order chi connectivity index (χ1) is 18.3. The molecule has 0 unspecified atom stereocenters. The molecule has 0 saturated carbocycles. The minimum absolute atomic E-state index is 0.248. The Bertz CT molecular complexity index is 1400. The fourth-order valence-corrected chi connectivity index (χ4v) is 6.87. The molecule has 1 heterocycles. The van der Waals surface area contributed by atoms with Crippen LogP contribution in [0.3, 0.4) is 0 Å². The number of nitrogens with one attached hydrogen (secondary N) is 1. The molecule has 7 rings (SSSR count). The lowest BCUT2D eigenvalue weighted by molar-refractivity contribution is -0.159. The first-order valence-electron chi connectivity index (χ1n) is 12.5. The third-order valence-corrected chi connectivity index (χ3v) is 8.51. The van der Waals surface area contributed by atoms with Crippen molar-refractivity contribution >= 4 is 45.3 Å². The number of carbonyl (C=O) groups excluding carboxylic acids is 4. The van der Waals surface area contributed by atoms with Crippen molar-refractivity contribution in [3.05, 3.63) is 99.0 Å². The fourth-order valence-electron chi connectivity index (χ4n) is 6.40. The highest BCUT2D eigenvalue weighted by Gasteiger charge is 2.62. The summed E-state index contributed by atoms with van der Waals surface area (Å²) in [5, 5.41) is 2.72. The van der Waals surface area contributed by atoms with Crippen LogP contribution in [0.15, 0.2) is 71.2 Å². The summed E-state index contributed by atoms with van der Waals surface area (Å²) in [5.74, 6) is -3.67. The number of benzene rings is 3. The Balaban J connectivity index is 1.21. The molecule has 7 nitrogen and oxygen atoms in total. The number of amides is 3. The van der Waals surface area contributed by atoms with Gasteiger partial charge in [-0.2, -0.15) is 0 Å². The number of likely N-dealkylation sites (tertiary alicyclic amines) is 1. The van der Waals surface area contributed by atoms with Crippen molar-refractivity contribution in [2.45, 2.75) is 31.7 Å². The van der Waals surface area contributed by atoms with Crippen LogP contribution in [-0.2, 0) is 23.9 Å². The number of nitrogens with zero attached hydrogens (tertiary/aromatic N) is 1. The third-order valence-electron chi connectivity index (χ3n) is 8.02. The smallest absolute Gasteiger partial charge is 0.329 e. The van der Waals surface area contributed by atoms with Gasteiger partial charge in [0.1, 0.15) is 6.04 Å². The number of rotatable bonds is 5. The Morgan fingerprint density at radius 2 is 1.39 bits per heavy atom. The van der Waals surface area contributed by atoms with Gasteiger partial charge in [0.2, 0.25) is 11.8 Å². The second-order valence-electron chi connectivity index (χ2n) is 10.1. The van der Waals surface area contributed by atoms with Gasteiger partial charge >= 0.3 is 5.97 Å². The van der Waals surface area contributed by atoms with Crippen molar-refractivity contribution in [2.75, 3.05) is 11.9 Å². The number of esters is 1. The molecular weight excluding hydrogens is 548 g/mol. The van der Waals surface area contributed by atoms with Crippen LogP contribution < -0.4 is 5.32 Å². The normalized spacial score (nSPS) is 23.4. The Hall–Kier alpha value is -3.78. The lowest BCUT2D eigenvalue weighted by Crippen LogP contribution is -2.45. The van der Waals surface area contributed by atoms with Gasteiger partial charge in [-0.1, -0.05) is 64.5 Å². The van der Waals surface area contributed by atoms with E-state index in [1.807, 2.05) is 61.5 Å². The molecule has 38 heavy (non-hydrogen) atoms. The Labute approximate surface area is 228 Å². The summed E-state index contributed by atoms with van der Waals surface area (Å²) < 4.78 is 6.13. The van der Waals surface area contributed by atoms with Gasteiger partial charge < -0.3 is 10.1 Å². The molecule has 3 aliphatic carbocycles. The maximum atomic E-state index is 13.8. The molecule has 1 fully saturated rings. The Kier molecular flexibility index (Phi) is 5.94. The molecule has 4 aliphatic rings. The van der Waals surface area contributed by atoms with E-state index in [9.17, 15) is 19.2 Å². The van der Waals surface area contributed by atoms with Gasteiger partial charge in [0.05, 0.1) is 11.8 Å². The second-order valence-corrected chi connectivity index (χ2v) is 11.0. The van der Waals surface area contributed by atoms with Crippen molar-refractivity contribution < 1.29 is 23.9 Å². The van der Waals surface area contributed by atoms with Crippen LogP contribution in [0.4, 0.5) is 5.69 Å². The molecule has 3 aromatic rings. The molecule has 3 aromatic carbocycles. The van der Waals surface area contributed by atoms with E-state index < -0.39 is 36.4 Å². The van der Waals surface area contributed by atoms with E-state index in [1.165, 1.54) is 6.92 Å². The number of halogens is 1. The molecule has 192 valence electrons. The van der Waals surface area contributed by atoms with Gasteiger partial charge in [-0.3, -0.25) is 19.3 Å². The number of imide groups is 1. The van der Waals surface area contributed by atoms with E-state index >= 15 is 0 Å². The maximum Gasteiger partial charge on any atom is 0.329 e. The fraction of sp³-hybridized carbons (Fsp3) is 0.267. The largest absolute Gasteiger partial charge is 0.454 e. The van der Waals surface area contributed by atoms with Gasteiger partial charge in [0.15, 0.2) is 6.61 Å². The van der Waals surface area contributed by atoms with Crippen molar-refractivity contribution in [2.24, 2.45) is 11.8 Å². The van der Waals surface area contributed by atoms with Crippen LogP contribution in [0, 0.1) is 18.8 Å². The number of hydrogen-bond acceptors (Lipinski definition) is 5. The first-order valence-corrected chi connectivity index (χ1v) is 13.3. The molecule has 2 bridgehead atoms. The maximum absolute atomic E-state index is 13.8. The summed E-state index contributed by atoms with van der Waals surface area (Å²) in [6.07, 6.45) is 0. The Morgan fingerprint density at radius 1 is 0.895 bits per heavy atom. The van der Waals surface area contributed by atoms with E-state index in [0.717, 1.165) is 37.2 Å². The third kappa shape index (κ3) is 3.69. The molecule has 0 radical (unpaired) electrons. The standard InChI is InChI=1S/C30H25BrN2O5/c1-15-13-17(31)11-12-22(15)32-23(34)14-38-30(37)16(2)33-28(35)26-24-18-7-3-4-8-19(18)25(27(26)29(33)36)21-10-6-5-9-20(21)24/h3-13,16,24-27H,14H2,1-2H3,(H,32,34)/t16-,24?,25?,26-,27-/m0/s1. The molecule has 3 atom stereocenters. The number of aryl methyl sites for hydroxylation is 1. The van der Waals surface area contributed by atoms with Crippen molar-refractivity contribution in [3.8, 4) is 0 Å². The van der Waals surface area contributed by atoms with Gasteiger partial charge in [0.25, 0.3) is 5.91 Å². The van der Waals surface area contributed by atoms with Crippen molar-refractivity contribution in [1.82, 2.24) is 4.90 Å². The molecular formula is C30H25BrN2O5. The van der Waals surface area contributed by atoms with Crippen LogP contribution in [0.2, 0.25) is 0 Å². The monoisotopic (exact) mass is 572 g/mol. The van der Waals surface area contributed by atoms with Crippen LogP contribution in [0.1, 0.15) is 46.6 Å². The zero-order valence-electron chi connectivity index (χ0n) is 20.8. The zero-order chi connectivity index (χ0) is 26.7. The van der Waals surface area contributed by atoms with Crippen LogP contribution in [0.25, 0.3) is 0 Å². The van der Waals surface area contributed by atoms with Crippen LogP contribution in [0.5, 0.6) is 0 Å². The molecule has 8 heteroatoms. The average molecular weight is 573 g/mol. The average Bonchev–Trinajstić information content (AvgIpc) is 3.18. The van der Waals surface area contributed by atoms with Gasteiger partial charge in [-0.05, 0) is 59.9 Å². The number of ether oxygens (including phenoxy) is 1. The summed E-state index contributed by atoms with van der Waals surface area (Å²) in [4.78, 5) is 54.0. The molecule has 0 aromatic heterocycles. The lowest BCUT2D eigenvalue weighted by Gasteiger charge is -2.45. The van der Waals surface area contributed by atoms with Crippen LogP contribution in [-0.4, -0.2) is 41.2 Å². The predicted molar refractivity (Wildman–Crippen MR) is 143 cm³/mol. The summed E-state index contributed by atoms with van der Waals surface area (Å²) >= 11 is 3.38. The number of carbonyl (C=O) groups is 4. The molecule has 3 amide bonds. The minimum atomic E-state index is -1.14. The van der Waals surface area contributed by atoms with Crippen molar-refractivity contribution in [1.29, 1.82) is 0 Å². The lowest BCUT2D eigenvalue weighted by atomic mass is 9.55.